The number of carbonyl (C=O) groups is 1. The quantitative estimate of drug-likeness (QED) is 0.362. The molecule has 6 nitrogen and oxygen atoms in total. The molecule has 36 heavy (non-hydrogen) atoms. The van der Waals surface area contributed by atoms with Crippen molar-refractivity contribution in [2.75, 3.05) is 0 Å². The van der Waals surface area contributed by atoms with Crippen LogP contribution in [-0.4, -0.2) is 60.8 Å². The van der Waals surface area contributed by atoms with E-state index in [0.29, 0.717) is 12.8 Å². The molecule has 4 rings (SSSR count). The topological polar surface area (TPSA) is 118 Å². The summed E-state index contributed by atoms with van der Waals surface area (Å²) in [6, 6.07) is 0. The first-order valence-electron chi connectivity index (χ1n) is 14.0. The van der Waals surface area contributed by atoms with Crippen LogP contribution in [0.25, 0.3) is 0 Å². The Kier molecular flexibility index (Phi) is 6.55. The first kappa shape index (κ1) is 28.2. The molecule has 206 valence electrons. The van der Waals surface area contributed by atoms with Crippen LogP contribution in [0.2, 0.25) is 0 Å². The van der Waals surface area contributed by atoms with Crippen LogP contribution in [0, 0.1) is 39.4 Å². The van der Waals surface area contributed by atoms with Gasteiger partial charge in [0.05, 0.1) is 23.9 Å². The van der Waals surface area contributed by atoms with Crippen molar-refractivity contribution >= 4 is 5.78 Å². The van der Waals surface area contributed by atoms with E-state index in [-0.39, 0.29) is 41.3 Å². The lowest BCUT2D eigenvalue weighted by molar-refractivity contribution is -0.182. The van der Waals surface area contributed by atoms with E-state index in [1.165, 1.54) is 5.57 Å². The summed E-state index contributed by atoms with van der Waals surface area (Å²) < 4.78 is 0. The van der Waals surface area contributed by atoms with Crippen molar-refractivity contribution in [3.8, 4) is 0 Å². The fourth-order valence-corrected chi connectivity index (χ4v) is 9.64. The van der Waals surface area contributed by atoms with E-state index >= 15 is 0 Å². The third kappa shape index (κ3) is 3.80. The van der Waals surface area contributed by atoms with Gasteiger partial charge < -0.3 is 25.5 Å². The highest BCUT2D eigenvalue weighted by Crippen LogP contribution is 2.75. The zero-order valence-corrected chi connectivity index (χ0v) is 23.6. The Hall–Kier alpha value is -0.790. The molecule has 4 aliphatic rings. The van der Waals surface area contributed by atoms with Gasteiger partial charge in [-0.2, -0.15) is 0 Å². The van der Waals surface area contributed by atoms with Crippen LogP contribution in [0.5, 0.6) is 0 Å². The normalized spacial score (nSPS) is 47.8. The fourth-order valence-electron chi connectivity index (χ4n) is 9.64. The Morgan fingerprint density at radius 3 is 2.17 bits per heavy atom. The lowest BCUT2D eigenvalue weighted by atomic mass is 9.38. The van der Waals surface area contributed by atoms with E-state index in [0.717, 1.165) is 19.3 Å². The van der Waals surface area contributed by atoms with Crippen molar-refractivity contribution in [3.63, 3.8) is 0 Å². The van der Waals surface area contributed by atoms with Crippen LogP contribution in [0.15, 0.2) is 11.6 Å². The van der Waals surface area contributed by atoms with Crippen molar-refractivity contribution in [1.82, 2.24) is 0 Å². The average molecular weight is 507 g/mol. The maximum atomic E-state index is 13.3. The highest BCUT2D eigenvalue weighted by Gasteiger charge is 2.72. The van der Waals surface area contributed by atoms with Gasteiger partial charge in [-0.1, -0.05) is 46.3 Å². The Morgan fingerprint density at radius 1 is 0.972 bits per heavy atom. The van der Waals surface area contributed by atoms with E-state index in [9.17, 15) is 30.3 Å². The molecule has 0 aliphatic heterocycles. The maximum absolute atomic E-state index is 13.3. The standard InChI is InChI=1S/C30H50O6/c1-25(2,35)12-11-22(33)30(8,36)23-20(32)16-29(7)21-10-9-17-18(15-19(31)24(34)26(17,3)4)27(21,5)13-14-28(23,29)6/h9,18-21,23-24,31-32,34-36H,10-16H2,1-8H3/t18-,19+,20-,21-,23+,24+,27+,28-,29+,30+/m1/s1. The van der Waals surface area contributed by atoms with E-state index in [4.69, 9.17) is 0 Å². The minimum absolute atomic E-state index is 0.0666. The van der Waals surface area contributed by atoms with Crippen molar-refractivity contribution in [1.29, 1.82) is 0 Å². The van der Waals surface area contributed by atoms with Gasteiger partial charge in [-0.15, -0.1) is 0 Å². The third-order valence-electron chi connectivity index (χ3n) is 12.0. The highest BCUT2D eigenvalue weighted by atomic mass is 16.3. The Balaban J connectivity index is 1.71. The van der Waals surface area contributed by atoms with Crippen molar-refractivity contribution < 1.29 is 30.3 Å². The number of aliphatic hydroxyl groups is 5. The van der Waals surface area contributed by atoms with Crippen LogP contribution in [0.4, 0.5) is 0 Å². The number of fused-ring (bicyclic) bond motifs is 5. The zero-order chi connectivity index (χ0) is 27.3. The number of aliphatic hydroxyl groups excluding tert-OH is 3. The first-order chi connectivity index (χ1) is 16.2. The number of Topliss-reactive ketones (excluding diaryl/α,β-unsaturated/α-hetero) is 1. The SMILES string of the molecule is CC(C)(O)CCC(=O)[C@](C)(O)[C@H]1[C@H](O)C[C@@]2(C)[C@@H]3CC=C4[C@@H](C[C@H](O)[C@H](O)C4(C)C)[C@]3(C)CC[C@]12C. The minimum Gasteiger partial charge on any atom is -0.393 e. The Morgan fingerprint density at radius 2 is 1.58 bits per heavy atom. The van der Waals surface area contributed by atoms with Crippen LogP contribution in [0.3, 0.4) is 0 Å². The van der Waals surface area contributed by atoms with Gasteiger partial charge in [0.1, 0.15) is 5.60 Å². The van der Waals surface area contributed by atoms with Gasteiger partial charge >= 0.3 is 0 Å². The summed E-state index contributed by atoms with van der Waals surface area (Å²) >= 11 is 0. The summed E-state index contributed by atoms with van der Waals surface area (Å²) in [6.07, 6.45) is 3.80. The van der Waals surface area contributed by atoms with E-state index < -0.39 is 46.3 Å². The molecule has 0 aromatic carbocycles. The van der Waals surface area contributed by atoms with Crippen molar-refractivity contribution in [2.45, 2.75) is 130 Å². The predicted molar refractivity (Wildman–Crippen MR) is 139 cm³/mol. The second-order valence-electron chi connectivity index (χ2n) is 14.9. The summed E-state index contributed by atoms with van der Waals surface area (Å²) in [5.41, 5.74) is -2.79. The Bertz CT molecular complexity index is 930. The van der Waals surface area contributed by atoms with Crippen LogP contribution in [-0.2, 0) is 4.79 Å². The Labute approximate surface area is 217 Å². The number of ketones is 1. The van der Waals surface area contributed by atoms with Crippen molar-refractivity contribution in [3.05, 3.63) is 11.6 Å². The van der Waals surface area contributed by atoms with Gasteiger partial charge in [-0.05, 0) is 87.4 Å². The number of hydrogen-bond donors (Lipinski definition) is 5. The van der Waals surface area contributed by atoms with E-state index in [1.807, 2.05) is 13.8 Å². The van der Waals surface area contributed by atoms with E-state index in [1.54, 1.807) is 20.8 Å². The molecule has 3 fully saturated rings. The molecule has 3 saturated carbocycles. The van der Waals surface area contributed by atoms with Gasteiger partial charge in [0, 0.05) is 17.8 Å². The second kappa shape index (κ2) is 8.35. The van der Waals surface area contributed by atoms with Crippen LogP contribution < -0.4 is 0 Å². The first-order valence-corrected chi connectivity index (χ1v) is 14.0. The van der Waals surface area contributed by atoms with Gasteiger partial charge in [-0.3, -0.25) is 4.79 Å². The molecule has 0 bridgehead atoms. The third-order valence-corrected chi connectivity index (χ3v) is 12.0. The van der Waals surface area contributed by atoms with Crippen LogP contribution >= 0.6 is 0 Å². The molecule has 6 heteroatoms. The molecule has 0 radical (unpaired) electrons. The molecule has 10 atom stereocenters. The molecular weight excluding hydrogens is 456 g/mol. The molecule has 0 saturated heterocycles. The maximum Gasteiger partial charge on any atom is 0.164 e. The summed E-state index contributed by atoms with van der Waals surface area (Å²) in [4.78, 5) is 13.3. The lowest BCUT2D eigenvalue weighted by Crippen LogP contribution is -2.62. The van der Waals surface area contributed by atoms with Crippen molar-refractivity contribution in [2.24, 2.45) is 39.4 Å². The van der Waals surface area contributed by atoms with E-state index in [2.05, 4.69) is 26.8 Å². The molecule has 5 N–H and O–H groups in total. The number of rotatable bonds is 5. The molecule has 0 unspecified atom stereocenters. The monoisotopic (exact) mass is 506 g/mol. The zero-order valence-electron chi connectivity index (χ0n) is 23.6. The summed E-state index contributed by atoms with van der Waals surface area (Å²) in [5, 5.41) is 54.9. The predicted octanol–water partition coefficient (Wildman–Crippen LogP) is 3.77. The van der Waals surface area contributed by atoms with Gasteiger partial charge in [-0.25, -0.2) is 0 Å². The van der Waals surface area contributed by atoms with Gasteiger partial charge in [0.2, 0.25) is 0 Å². The summed E-state index contributed by atoms with van der Waals surface area (Å²) in [6.45, 7) is 15.7. The average Bonchev–Trinajstić information content (AvgIpc) is 2.96. The number of hydrogen-bond acceptors (Lipinski definition) is 6. The van der Waals surface area contributed by atoms with Crippen LogP contribution in [0.1, 0.15) is 100 Å². The largest absolute Gasteiger partial charge is 0.393 e. The summed E-state index contributed by atoms with van der Waals surface area (Å²) in [7, 11) is 0. The highest BCUT2D eigenvalue weighted by molar-refractivity contribution is 5.87. The molecular formula is C30H50O6. The molecule has 4 aliphatic carbocycles. The molecule has 0 heterocycles. The minimum atomic E-state index is -1.69. The van der Waals surface area contributed by atoms with Gasteiger partial charge in [0.25, 0.3) is 0 Å². The van der Waals surface area contributed by atoms with Gasteiger partial charge in [0.15, 0.2) is 5.78 Å². The fraction of sp³-hybridized carbons (Fsp3) is 0.900. The molecule has 0 aromatic heterocycles. The molecule has 0 spiro atoms. The second-order valence-corrected chi connectivity index (χ2v) is 14.9. The molecule has 0 aromatic rings. The molecule has 0 amide bonds. The summed E-state index contributed by atoms with van der Waals surface area (Å²) in [5.74, 6) is -0.535. The lowest BCUT2D eigenvalue weighted by Gasteiger charge is -2.66. The number of carbonyl (C=O) groups excluding carboxylic acids is 1. The smallest absolute Gasteiger partial charge is 0.164 e. The number of allylic oxidation sites excluding steroid dienone is 1.